The molecule has 2 radical (unpaired) electrons. The molecular weight excluding hydrogens is 128 g/mol. The van der Waals surface area contributed by atoms with Crippen molar-refractivity contribution in [3.05, 3.63) is 35.2 Å². The van der Waals surface area contributed by atoms with Crippen molar-refractivity contribution in [3.63, 3.8) is 0 Å². The van der Waals surface area contributed by atoms with Gasteiger partial charge in [-0.25, -0.2) is 0 Å². The Hall–Kier alpha value is -0.300. The van der Waals surface area contributed by atoms with Gasteiger partial charge in [0.25, 0.3) is 0 Å². The van der Waals surface area contributed by atoms with E-state index in [0.29, 0.717) is 0 Å². The summed E-state index contributed by atoms with van der Waals surface area (Å²) in [6, 6.07) is 2.10. The third-order valence-corrected chi connectivity index (χ3v) is 2.47. The van der Waals surface area contributed by atoms with Crippen molar-refractivity contribution in [2.24, 2.45) is 0 Å². The summed E-state index contributed by atoms with van der Waals surface area (Å²) >= 11 is 1.74. The van der Waals surface area contributed by atoms with Crippen LogP contribution in [0.15, 0.2) is 6.07 Å². The largest absolute Gasteiger partial charge is 0.145 e. The normalized spacial score (nSPS) is 10.1. The number of hydrogen-bond donors (Lipinski definition) is 0. The van der Waals surface area contributed by atoms with E-state index in [2.05, 4.69) is 26.8 Å². The van der Waals surface area contributed by atoms with E-state index in [0.717, 1.165) is 16.9 Å². The number of thiophene rings is 1. The molecule has 1 heterocycles. The van der Waals surface area contributed by atoms with Crippen LogP contribution in [0.3, 0.4) is 0 Å². The molecule has 0 bridgehead atoms. The van der Waals surface area contributed by atoms with Gasteiger partial charge in [0.2, 0.25) is 0 Å². The first kappa shape index (κ1) is 6.81. The standard InChI is InChI=1S/C8H10S/c1-4-8-5-6(2)7(3)9-8/h5H,2-4H2,1H3. The zero-order chi connectivity index (χ0) is 6.85. The van der Waals surface area contributed by atoms with Gasteiger partial charge in [-0.3, -0.25) is 0 Å². The van der Waals surface area contributed by atoms with Crippen LogP contribution < -0.4 is 0 Å². The van der Waals surface area contributed by atoms with E-state index < -0.39 is 0 Å². The number of rotatable bonds is 1. The molecule has 9 heavy (non-hydrogen) atoms. The second kappa shape index (κ2) is 2.53. The SMILES string of the molecule is [CH2]c1cc(CC)sc1[CH2]. The van der Waals surface area contributed by atoms with Gasteiger partial charge in [0, 0.05) is 9.75 Å². The Kier molecular flexibility index (Phi) is 1.91. The average molecular weight is 138 g/mol. The molecule has 0 atom stereocenters. The second-order valence-electron chi connectivity index (χ2n) is 2.01. The van der Waals surface area contributed by atoms with Crippen molar-refractivity contribution < 1.29 is 0 Å². The third kappa shape index (κ3) is 1.33. The Morgan fingerprint density at radius 1 is 1.56 bits per heavy atom. The molecule has 0 aromatic carbocycles. The first-order valence-electron chi connectivity index (χ1n) is 3.00. The van der Waals surface area contributed by atoms with Crippen LogP contribution in [-0.4, -0.2) is 0 Å². The van der Waals surface area contributed by atoms with Crippen LogP contribution in [-0.2, 0) is 6.42 Å². The minimum Gasteiger partial charge on any atom is -0.145 e. The lowest BCUT2D eigenvalue weighted by Crippen LogP contribution is -1.66. The predicted octanol–water partition coefficient (Wildman–Crippen LogP) is 2.67. The molecular formula is C8H10S. The topological polar surface area (TPSA) is 0 Å². The van der Waals surface area contributed by atoms with Gasteiger partial charge in [0.05, 0.1) is 0 Å². The summed E-state index contributed by atoms with van der Waals surface area (Å²) in [6.45, 7) is 9.82. The van der Waals surface area contributed by atoms with Crippen molar-refractivity contribution >= 4 is 11.3 Å². The minimum absolute atomic E-state index is 1.08. The van der Waals surface area contributed by atoms with Gasteiger partial charge in [-0.1, -0.05) is 6.92 Å². The molecule has 0 aliphatic rings. The quantitative estimate of drug-likeness (QED) is 0.559. The maximum Gasteiger partial charge on any atom is 0.00838 e. The van der Waals surface area contributed by atoms with Gasteiger partial charge in [-0.05, 0) is 31.9 Å². The lowest BCUT2D eigenvalue weighted by atomic mass is 10.2. The molecule has 0 saturated heterocycles. The fourth-order valence-corrected chi connectivity index (χ4v) is 1.55. The molecule has 48 valence electrons. The van der Waals surface area contributed by atoms with Gasteiger partial charge in [0.15, 0.2) is 0 Å². The summed E-state index contributed by atoms with van der Waals surface area (Å²) in [5, 5.41) is 0. The van der Waals surface area contributed by atoms with Crippen LogP contribution >= 0.6 is 11.3 Å². The smallest absolute Gasteiger partial charge is 0.00838 e. The molecule has 0 aliphatic heterocycles. The minimum atomic E-state index is 1.08. The highest BCUT2D eigenvalue weighted by molar-refractivity contribution is 7.12. The zero-order valence-corrected chi connectivity index (χ0v) is 6.42. The van der Waals surface area contributed by atoms with E-state index in [1.54, 1.807) is 11.3 Å². The Balaban J connectivity index is 2.98. The molecule has 0 aliphatic carbocycles. The molecule has 0 N–H and O–H groups in total. The highest BCUT2D eigenvalue weighted by atomic mass is 32.1. The number of hydrogen-bond acceptors (Lipinski definition) is 1. The second-order valence-corrected chi connectivity index (χ2v) is 3.24. The van der Waals surface area contributed by atoms with Crippen LogP contribution in [0.4, 0.5) is 0 Å². The molecule has 1 rings (SSSR count). The van der Waals surface area contributed by atoms with Crippen molar-refractivity contribution in [1.29, 1.82) is 0 Å². The summed E-state index contributed by atoms with van der Waals surface area (Å²) in [5.41, 5.74) is 1.08. The first-order chi connectivity index (χ1) is 4.24. The molecule has 1 aromatic rings. The maximum atomic E-state index is 3.84. The van der Waals surface area contributed by atoms with Crippen LogP contribution in [0, 0.1) is 13.8 Å². The van der Waals surface area contributed by atoms with E-state index >= 15 is 0 Å². The van der Waals surface area contributed by atoms with E-state index in [9.17, 15) is 0 Å². The molecule has 0 nitrogen and oxygen atoms in total. The maximum absolute atomic E-state index is 3.84. The van der Waals surface area contributed by atoms with Gasteiger partial charge in [0.1, 0.15) is 0 Å². The highest BCUT2D eigenvalue weighted by Gasteiger charge is 1.97. The van der Waals surface area contributed by atoms with Crippen molar-refractivity contribution in [2.45, 2.75) is 13.3 Å². The van der Waals surface area contributed by atoms with Crippen LogP contribution in [0.1, 0.15) is 22.2 Å². The van der Waals surface area contributed by atoms with E-state index in [4.69, 9.17) is 0 Å². The summed E-state index contributed by atoms with van der Waals surface area (Å²) in [6.07, 6.45) is 1.10. The monoisotopic (exact) mass is 138 g/mol. The molecule has 0 unspecified atom stereocenters. The van der Waals surface area contributed by atoms with E-state index in [-0.39, 0.29) is 0 Å². The van der Waals surface area contributed by atoms with Gasteiger partial charge < -0.3 is 0 Å². The van der Waals surface area contributed by atoms with Crippen LogP contribution in [0.2, 0.25) is 0 Å². The number of aryl methyl sites for hydroxylation is 1. The third-order valence-electron chi connectivity index (χ3n) is 1.30. The Morgan fingerprint density at radius 2 is 2.22 bits per heavy atom. The summed E-state index contributed by atoms with van der Waals surface area (Å²) in [7, 11) is 0. The predicted molar refractivity (Wildman–Crippen MR) is 42.6 cm³/mol. The average Bonchev–Trinajstić information content (AvgIpc) is 2.13. The highest BCUT2D eigenvalue weighted by Crippen LogP contribution is 2.20. The van der Waals surface area contributed by atoms with Gasteiger partial charge >= 0.3 is 0 Å². The molecule has 1 heteroatoms. The van der Waals surface area contributed by atoms with Crippen LogP contribution in [0.25, 0.3) is 0 Å². The first-order valence-corrected chi connectivity index (χ1v) is 3.82. The van der Waals surface area contributed by atoms with Gasteiger partial charge in [-0.2, -0.15) is 0 Å². The molecule has 0 spiro atoms. The molecule has 1 aromatic heterocycles. The molecule has 0 amide bonds. The van der Waals surface area contributed by atoms with Crippen molar-refractivity contribution in [3.8, 4) is 0 Å². The Morgan fingerprint density at radius 3 is 2.44 bits per heavy atom. The summed E-state index contributed by atoms with van der Waals surface area (Å²) in [4.78, 5) is 2.48. The van der Waals surface area contributed by atoms with Gasteiger partial charge in [-0.15, -0.1) is 11.3 Å². The van der Waals surface area contributed by atoms with E-state index in [1.807, 2.05) is 0 Å². The fourth-order valence-electron chi connectivity index (χ4n) is 0.702. The molecule has 0 saturated carbocycles. The lowest BCUT2D eigenvalue weighted by molar-refractivity contribution is 1.18. The summed E-state index contributed by atoms with van der Waals surface area (Å²) < 4.78 is 0. The van der Waals surface area contributed by atoms with E-state index in [1.165, 1.54) is 4.88 Å². The molecule has 0 fully saturated rings. The Bertz CT molecular complexity index is 179. The van der Waals surface area contributed by atoms with Crippen LogP contribution in [0.5, 0.6) is 0 Å². The Labute approximate surface area is 60.5 Å². The summed E-state index contributed by atoms with van der Waals surface area (Å²) in [5.74, 6) is 0. The van der Waals surface area contributed by atoms with Crippen molar-refractivity contribution in [1.82, 2.24) is 0 Å². The zero-order valence-electron chi connectivity index (χ0n) is 5.61. The lowest BCUT2D eigenvalue weighted by Gasteiger charge is -1.80. The van der Waals surface area contributed by atoms with Crippen molar-refractivity contribution in [2.75, 3.05) is 0 Å². The fraction of sp³-hybridized carbons (Fsp3) is 0.250.